The van der Waals surface area contributed by atoms with Crippen LogP contribution in [0, 0.1) is 0 Å². The summed E-state index contributed by atoms with van der Waals surface area (Å²) < 4.78 is 0. The second-order valence-corrected chi connectivity index (χ2v) is 2.38. The van der Waals surface area contributed by atoms with E-state index in [1.807, 2.05) is 0 Å². The van der Waals surface area contributed by atoms with Crippen LogP contribution in [0.1, 0.15) is 12.8 Å². The number of ketones is 1. The van der Waals surface area contributed by atoms with Gasteiger partial charge in [0.05, 0.1) is 0 Å². The first-order valence-electron chi connectivity index (χ1n) is 3.37. The van der Waals surface area contributed by atoms with E-state index in [0.717, 1.165) is 5.70 Å². The van der Waals surface area contributed by atoms with Gasteiger partial charge in [-0.15, -0.1) is 0 Å². The molecule has 0 heterocycles. The molecule has 0 atom stereocenters. The van der Waals surface area contributed by atoms with Crippen molar-refractivity contribution >= 4 is 11.8 Å². The monoisotopic (exact) mass is 155 g/mol. The van der Waals surface area contributed by atoms with E-state index in [4.69, 9.17) is 5.11 Å². The van der Waals surface area contributed by atoms with Crippen molar-refractivity contribution in [2.75, 3.05) is 6.54 Å². The van der Waals surface area contributed by atoms with Gasteiger partial charge in [-0.25, -0.2) is 0 Å². The normalized spacial score (nSPS) is 16.4. The summed E-state index contributed by atoms with van der Waals surface area (Å²) in [6.07, 6.45) is 2.61. The van der Waals surface area contributed by atoms with Crippen molar-refractivity contribution in [3.63, 3.8) is 0 Å². The van der Waals surface area contributed by atoms with Crippen LogP contribution in [0.3, 0.4) is 0 Å². The van der Waals surface area contributed by atoms with Crippen LogP contribution in [0.25, 0.3) is 0 Å². The third-order valence-corrected chi connectivity index (χ3v) is 1.44. The second-order valence-electron chi connectivity index (χ2n) is 2.38. The highest BCUT2D eigenvalue weighted by Crippen LogP contribution is 2.10. The number of hydrogen-bond acceptors (Lipinski definition) is 3. The lowest BCUT2D eigenvalue weighted by Gasteiger charge is -2.00. The maximum Gasteiger partial charge on any atom is 0.322 e. The summed E-state index contributed by atoms with van der Waals surface area (Å²) in [5.41, 5.74) is 0.734. The molecule has 0 bridgehead atoms. The van der Waals surface area contributed by atoms with Crippen molar-refractivity contribution in [2.45, 2.75) is 12.8 Å². The van der Waals surface area contributed by atoms with Gasteiger partial charge in [0.1, 0.15) is 6.54 Å². The summed E-state index contributed by atoms with van der Waals surface area (Å²) in [7, 11) is 0. The van der Waals surface area contributed by atoms with Gasteiger partial charge in [0.25, 0.3) is 0 Å². The molecule has 1 aliphatic rings. The van der Waals surface area contributed by atoms with E-state index in [1.165, 1.54) is 6.08 Å². The Balaban J connectivity index is 2.33. The fourth-order valence-corrected chi connectivity index (χ4v) is 0.925. The Morgan fingerprint density at radius 3 is 2.82 bits per heavy atom. The van der Waals surface area contributed by atoms with E-state index in [9.17, 15) is 9.59 Å². The molecule has 0 saturated carbocycles. The van der Waals surface area contributed by atoms with Gasteiger partial charge in [-0.2, -0.15) is 0 Å². The molecule has 0 aromatic carbocycles. The average molecular weight is 155 g/mol. The highest BCUT2D eigenvalue weighted by Gasteiger charge is 2.11. The molecular formula is C7H9NO3. The van der Waals surface area contributed by atoms with Gasteiger partial charge in [-0.05, 0) is 6.42 Å². The van der Waals surface area contributed by atoms with Crippen molar-refractivity contribution in [3.8, 4) is 0 Å². The summed E-state index contributed by atoms with van der Waals surface area (Å²) in [5.74, 6) is -0.844. The second kappa shape index (κ2) is 3.18. The van der Waals surface area contributed by atoms with Gasteiger partial charge in [-0.3, -0.25) is 9.59 Å². The standard InChI is InChI=1S/C7H9NO3/c9-6-2-1-5(3-6)8-4-7(10)11/h3,8H,1-2,4H2,(H,10,11). The molecule has 0 aromatic heterocycles. The number of nitrogens with one attached hydrogen (secondary N) is 1. The lowest BCUT2D eigenvalue weighted by atomic mass is 10.3. The lowest BCUT2D eigenvalue weighted by molar-refractivity contribution is -0.135. The predicted molar refractivity (Wildman–Crippen MR) is 38.0 cm³/mol. The Bertz CT molecular complexity index is 220. The van der Waals surface area contributed by atoms with Gasteiger partial charge in [0, 0.05) is 18.2 Å². The largest absolute Gasteiger partial charge is 0.480 e. The molecule has 0 saturated heterocycles. The SMILES string of the molecule is O=C(O)CNC1=CC(=O)CC1. The van der Waals surface area contributed by atoms with E-state index in [-0.39, 0.29) is 12.3 Å². The average Bonchev–Trinajstić information content (AvgIpc) is 2.31. The maximum absolute atomic E-state index is 10.6. The van der Waals surface area contributed by atoms with Crippen molar-refractivity contribution in [2.24, 2.45) is 0 Å². The molecule has 1 rings (SSSR count). The van der Waals surface area contributed by atoms with Crippen LogP contribution in [0.2, 0.25) is 0 Å². The Morgan fingerprint density at radius 1 is 1.64 bits per heavy atom. The van der Waals surface area contributed by atoms with Crippen molar-refractivity contribution in [3.05, 3.63) is 11.8 Å². The topological polar surface area (TPSA) is 66.4 Å². The van der Waals surface area contributed by atoms with Crippen LogP contribution in [0.15, 0.2) is 11.8 Å². The summed E-state index contributed by atoms with van der Waals surface area (Å²) in [6, 6.07) is 0. The van der Waals surface area contributed by atoms with Crippen molar-refractivity contribution in [1.82, 2.24) is 5.32 Å². The van der Waals surface area contributed by atoms with Crippen LogP contribution < -0.4 is 5.32 Å². The van der Waals surface area contributed by atoms with Gasteiger partial charge in [-0.1, -0.05) is 0 Å². The van der Waals surface area contributed by atoms with E-state index in [1.54, 1.807) is 0 Å². The summed E-state index contributed by atoms with van der Waals surface area (Å²) in [4.78, 5) is 20.7. The Labute approximate surface area is 63.9 Å². The molecule has 4 heteroatoms. The molecule has 0 spiro atoms. The molecule has 0 aromatic rings. The van der Waals surface area contributed by atoms with E-state index < -0.39 is 5.97 Å². The first-order chi connectivity index (χ1) is 5.18. The molecular weight excluding hydrogens is 146 g/mol. The zero-order valence-electron chi connectivity index (χ0n) is 5.96. The molecule has 60 valence electrons. The van der Waals surface area contributed by atoms with E-state index >= 15 is 0 Å². The highest BCUT2D eigenvalue weighted by atomic mass is 16.4. The van der Waals surface area contributed by atoms with Crippen molar-refractivity contribution in [1.29, 1.82) is 0 Å². The number of allylic oxidation sites excluding steroid dienone is 2. The Kier molecular flexibility index (Phi) is 2.25. The molecule has 0 radical (unpaired) electrons. The molecule has 4 nitrogen and oxygen atoms in total. The number of rotatable bonds is 3. The minimum absolute atomic E-state index is 0.0675. The molecule has 2 N–H and O–H groups in total. The summed E-state index contributed by atoms with van der Waals surface area (Å²) in [5, 5.41) is 10.9. The number of carbonyl (C=O) groups excluding carboxylic acids is 1. The molecule has 0 aliphatic heterocycles. The number of aliphatic carboxylic acids is 1. The first-order valence-corrected chi connectivity index (χ1v) is 3.37. The van der Waals surface area contributed by atoms with Crippen LogP contribution in [0.5, 0.6) is 0 Å². The van der Waals surface area contributed by atoms with Crippen molar-refractivity contribution < 1.29 is 14.7 Å². The van der Waals surface area contributed by atoms with Gasteiger partial charge >= 0.3 is 5.97 Å². The molecule has 0 unspecified atom stereocenters. The smallest absolute Gasteiger partial charge is 0.322 e. The third-order valence-electron chi connectivity index (χ3n) is 1.44. The van der Waals surface area contributed by atoms with Gasteiger partial charge < -0.3 is 10.4 Å². The summed E-state index contributed by atoms with van der Waals surface area (Å²) in [6.45, 7) is -0.112. The predicted octanol–water partition coefficient (Wildman–Crippen LogP) is -0.0926. The summed E-state index contributed by atoms with van der Waals surface area (Å²) >= 11 is 0. The maximum atomic E-state index is 10.6. The number of hydrogen-bond donors (Lipinski definition) is 2. The van der Waals surface area contributed by atoms with E-state index in [0.29, 0.717) is 12.8 Å². The van der Waals surface area contributed by atoms with Crippen LogP contribution in [-0.4, -0.2) is 23.4 Å². The zero-order chi connectivity index (χ0) is 8.27. The molecule has 1 aliphatic carbocycles. The molecule has 11 heavy (non-hydrogen) atoms. The number of carboxylic acids is 1. The minimum Gasteiger partial charge on any atom is -0.480 e. The Morgan fingerprint density at radius 2 is 2.36 bits per heavy atom. The fraction of sp³-hybridized carbons (Fsp3) is 0.429. The van der Waals surface area contributed by atoms with E-state index in [2.05, 4.69) is 5.32 Å². The third kappa shape index (κ3) is 2.41. The molecule has 0 fully saturated rings. The Hall–Kier alpha value is -1.32. The van der Waals surface area contributed by atoms with Crippen LogP contribution in [-0.2, 0) is 9.59 Å². The number of carboxylic acid groups (broad SMARTS) is 1. The van der Waals surface area contributed by atoms with Gasteiger partial charge in [0.2, 0.25) is 0 Å². The molecule has 0 amide bonds. The quantitative estimate of drug-likeness (QED) is 0.597. The van der Waals surface area contributed by atoms with Crippen LogP contribution >= 0.6 is 0 Å². The van der Waals surface area contributed by atoms with Crippen LogP contribution in [0.4, 0.5) is 0 Å². The minimum atomic E-state index is -0.912. The first kappa shape index (κ1) is 7.78. The zero-order valence-corrected chi connectivity index (χ0v) is 5.96. The highest BCUT2D eigenvalue weighted by molar-refractivity contribution is 5.92. The van der Waals surface area contributed by atoms with Gasteiger partial charge in [0.15, 0.2) is 5.78 Å². The number of carbonyl (C=O) groups is 2. The lowest BCUT2D eigenvalue weighted by Crippen LogP contribution is -2.20. The fourth-order valence-electron chi connectivity index (χ4n) is 0.925.